The third-order valence-corrected chi connectivity index (χ3v) is 4.85. The summed E-state index contributed by atoms with van der Waals surface area (Å²) >= 11 is 0. The predicted molar refractivity (Wildman–Crippen MR) is 120 cm³/mol. The number of hydrogen-bond donors (Lipinski definition) is 1. The first kappa shape index (κ1) is 21.0. The summed E-state index contributed by atoms with van der Waals surface area (Å²) in [6.45, 7) is 1.90. The zero-order valence-electron chi connectivity index (χ0n) is 17.5. The first-order chi connectivity index (χ1) is 15.6. The Morgan fingerprint density at radius 1 is 1.00 bits per heavy atom. The second kappa shape index (κ2) is 9.70. The van der Waals surface area contributed by atoms with Crippen LogP contribution < -0.4 is 5.32 Å². The maximum Gasteiger partial charge on any atom is 0.342 e. The summed E-state index contributed by atoms with van der Waals surface area (Å²) in [5.41, 5.74) is 3.12. The van der Waals surface area contributed by atoms with E-state index in [0.717, 1.165) is 11.3 Å². The largest absolute Gasteiger partial charge is 0.449 e. The number of aromatic nitrogens is 3. The number of hydrogen-bond acceptors (Lipinski definition) is 5. The first-order valence-electron chi connectivity index (χ1n) is 10.2. The molecular weight excluding hydrogens is 404 g/mol. The molecule has 7 heteroatoms. The van der Waals surface area contributed by atoms with Crippen LogP contribution >= 0.6 is 0 Å². The molecule has 0 unspecified atom stereocenters. The maximum absolute atomic E-state index is 13.0. The van der Waals surface area contributed by atoms with E-state index in [4.69, 9.17) is 4.74 Å². The molecule has 1 atom stereocenters. The third kappa shape index (κ3) is 4.89. The molecule has 0 saturated carbocycles. The van der Waals surface area contributed by atoms with Crippen LogP contribution in [0.1, 0.15) is 22.8 Å². The summed E-state index contributed by atoms with van der Waals surface area (Å²) in [5.74, 6) is -1.01. The van der Waals surface area contributed by atoms with Crippen molar-refractivity contribution in [3.05, 3.63) is 103 Å². The molecule has 0 aliphatic heterocycles. The Morgan fingerprint density at radius 3 is 2.41 bits per heavy atom. The van der Waals surface area contributed by atoms with Gasteiger partial charge in [0.2, 0.25) is 0 Å². The number of carbonyl (C=O) groups excluding carboxylic acids is 2. The first-order valence-corrected chi connectivity index (χ1v) is 10.2. The minimum Gasteiger partial charge on any atom is -0.449 e. The summed E-state index contributed by atoms with van der Waals surface area (Å²) in [6.07, 6.45) is 3.92. The van der Waals surface area contributed by atoms with Crippen LogP contribution in [0.5, 0.6) is 0 Å². The highest BCUT2D eigenvalue weighted by atomic mass is 16.5. The van der Waals surface area contributed by atoms with Crippen LogP contribution in [0.4, 0.5) is 0 Å². The van der Waals surface area contributed by atoms with Crippen LogP contribution in [0.25, 0.3) is 16.9 Å². The number of ether oxygens (including phenoxy) is 1. The van der Waals surface area contributed by atoms with E-state index in [9.17, 15) is 9.59 Å². The molecule has 0 aliphatic rings. The predicted octanol–water partition coefficient (Wildman–Crippen LogP) is 3.80. The van der Waals surface area contributed by atoms with E-state index >= 15 is 0 Å². The lowest BCUT2D eigenvalue weighted by Crippen LogP contribution is -2.35. The van der Waals surface area contributed by atoms with E-state index in [0.29, 0.717) is 17.8 Å². The highest BCUT2D eigenvalue weighted by Gasteiger charge is 2.24. The standard InChI is InChI=1S/C25H22N4O3/c1-18(24(30)27-15-19-9-4-2-5-10-19)32-25(31)22-17-29(21-12-6-3-7-13-21)28-23(22)20-11-8-14-26-16-20/h2-14,16-18H,15H2,1H3,(H,27,30)/t18-/m1/s1. The van der Waals surface area contributed by atoms with Crippen molar-refractivity contribution in [1.29, 1.82) is 0 Å². The number of para-hydroxylation sites is 1. The minimum atomic E-state index is -0.965. The number of nitrogens with one attached hydrogen (secondary N) is 1. The van der Waals surface area contributed by atoms with Crippen molar-refractivity contribution in [3.63, 3.8) is 0 Å². The van der Waals surface area contributed by atoms with Crippen molar-refractivity contribution in [3.8, 4) is 16.9 Å². The molecule has 0 spiro atoms. The van der Waals surface area contributed by atoms with Gasteiger partial charge in [-0.3, -0.25) is 9.78 Å². The molecule has 0 fully saturated rings. The molecule has 1 N–H and O–H groups in total. The summed E-state index contributed by atoms with van der Waals surface area (Å²) in [7, 11) is 0. The maximum atomic E-state index is 13.0. The van der Waals surface area contributed by atoms with Gasteiger partial charge in [-0.15, -0.1) is 0 Å². The second-order valence-electron chi connectivity index (χ2n) is 7.16. The normalized spacial score (nSPS) is 11.5. The minimum absolute atomic E-state index is 0.254. The van der Waals surface area contributed by atoms with Gasteiger partial charge < -0.3 is 10.1 Å². The zero-order chi connectivity index (χ0) is 22.3. The molecule has 2 aromatic heterocycles. The number of nitrogens with zero attached hydrogens (tertiary/aromatic N) is 3. The topological polar surface area (TPSA) is 86.1 Å². The Balaban J connectivity index is 1.53. The van der Waals surface area contributed by atoms with Gasteiger partial charge in [0.1, 0.15) is 11.3 Å². The van der Waals surface area contributed by atoms with Crippen molar-refractivity contribution < 1.29 is 14.3 Å². The van der Waals surface area contributed by atoms with E-state index in [1.165, 1.54) is 0 Å². The average Bonchev–Trinajstić information content (AvgIpc) is 3.30. The van der Waals surface area contributed by atoms with E-state index in [1.807, 2.05) is 66.7 Å². The Morgan fingerprint density at radius 2 is 1.72 bits per heavy atom. The van der Waals surface area contributed by atoms with Gasteiger partial charge in [0, 0.05) is 30.7 Å². The van der Waals surface area contributed by atoms with E-state index < -0.39 is 12.1 Å². The van der Waals surface area contributed by atoms with Crippen LogP contribution in [0.3, 0.4) is 0 Å². The molecule has 1 amide bonds. The molecule has 2 aromatic carbocycles. The van der Waals surface area contributed by atoms with Gasteiger partial charge in [0.15, 0.2) is 6.10 Å². The van der Waals surface area contributed by atoms with Gasteiger partial charge >= 0.3 is 5.97 Å². The lowest BCUT2D eigenvalue weighted by Gasteiger charge is -2.13. The molecule has 0 aliphatic carbocycles. The average molecular weight is 426 g/mol. The monoisotopic (exact) mass is 426 g/mol. The summed E-state index contributed by atoms with van der Waals surface area (Å²) in [4.78, 5) is 29.6. The van der Waals surface area contributed by atoms with Crippen LogP contribution in [-0.2, 0) is 16.1 Å². The summed E-state index contributed by atoms with van der Waals surface area (Å²) in [5, 5.41) is 7.36. The summed E-state index contributed by atoms with van der Waals surface area (Å²) in [6, 6.07) is 22.6. The fourth-order valence-corrected chi connectivity index (χ4v) is 3.16. The number of pyridine rings is 1. The van der Waals surface area contributed by atoms with Gasteiger partial charge in [-0.1, -0.05) is 48.5 Å². The number of esters is 1. The zero-order valence-corrected chi connectivity index (χ0v) is 17.5. The molecule has 4 aromatic rings. The second-order valence-corrected chi connectivity index (χ2v) is 7.16. The van der Waals surface area contributed by atoms with E-state index in [1.54, 1.807) is 36.3 Å². The number of carbonyl (C=O) groups is 2. The molecule has 32 heavy (non-hydrogen) atoms. The number of rotatable bonds is 7. The van der Waals surface area contributed by atoms with Crippen molar-refractivity contribution in [2.24, 2.45) is 0 Å². The number of benzene rings is 2. The SMILES string of the molecule is C[C@@H](OC(=O)c1cn(-c2ccccc2)nc1-c1cccnc1)C(=O)NCc1ccccc1. The quantitative estimate of drug-likeness (QED) is 0.455. The Kier molecular flexibility index (Phi) is 6.36. The fourth-order valence-electron chi connectivity index (χ4n) is 3.16. The van der Waals surface area contributed by atoms with Gasteiger partial charge in [-0.25, -0.2) is 9.48 Å². The molecule has 7 nitrogen and oxygen atoms in total. The fraction of sp³-hybridized carbons (Fsp3) is 0.120. The smallest absolute Gasteiger partial charge is 0.342 e. The van der Waals surface area contributed by atoms with Gasteiger partial charge in [0.25, 0.3) is 5.91 Å². The number of amides is 1. The molecule has 160 valence electrons. The van der Waals surface area contributed by atoms with Crippen molar-refractivity contribution in [2.45, 2.75) is 19.6 Å². The molecular formula is C25H22N4O3. The van der Waals surface area contributed by atoms with Crippen LogP contribution in [-0.4, -0.2) is 32.7 Å². The van der Waals surface area contributed by atoms with Crippen LogP contribution in [0.2, 0.25) is 0 Å². The van der Waals surface area contributed by atoms with Crippen molar-refractivity contribution in [1.82, 2.24) is 20.1 Å². The van der Waals surface area contributed by atoms with E-state index in [2.05, 4.69) is 15.4 Å². The van der Waals surface area contributed by atoms with Crippen LogP contribution in [0, 0.1) is 0 Å². The molecule has 0 saturated heterocycles. The Hall–Kier alpha value is -4.26. The molecule has 2 heterocycles. The van der Waals surface area contributed by atoms with Gasteiger partial charge in [0.05, 0.1) is 5.69 Å². The highest BCUT2D eigenvalue weighted by Crippen LogP contribution is 2.24. The molecule has 4 rings (SSSR count). The molecule has 0 radical (unpaired) electrons. The highest BCUT2D eigenvalue weighted by molar-refractivity contribution is 5.97. The van der Waals surface area contributed by atoms with Crippen molar-refractivity contribution in [2.75, 3.05) is 0 Å². The summed E-state index contributed by atoms with van der Waals surface area (Å²) < 4.78 is 7.08. The lowest BCUT2D eigenvalue weighted by molar-refractivity contribution is -0.129. The Labute approximate surface area is 185 Å². The lowest BCUT2D eigenvalue weighted by atomic mass is 10.1. The van der Waals surface area contributed by atoms with Crippen molar-refractivity contribution >= 4 is 11.9 Å². The van der Waals surface area contributed by atoms with Gasteiger partial charge in [-0.2, -0.15) is 5.10 Å². The van der Waals surface area contributed by atoms with E-state index in [-0.39, 0.29) is 11.5 Å². The van der Waals surface area contributed by atoms with Gasteiger partial charge in [-0.05, 0) is 36.8 Å². The molecule has 0 bridgehead atoms. The Bertz CT molecular complexity index is 1190. The third-order valence-electron chi connectivity index (χ3n) is 4.85. The van der Waals surface area contributed by atoms with Crippen LogP contribution in [0.15, 0.2) is 91.4 Å².